The molecule has 0 aliphatic rings. The van der Waals surface area contributed by atoms with Crippen LogP contribution in [-0.4, -0.2) is 0 Å². The smallest absolute Gasteiger partial charge is 0.00964 e. The zero-order valence-corrected chi connectivity index (χ0v) is 11.8. The number of benzene rings is 4. The van der Waals surface area contributed by atoms with Crippen LogP contribution in [0.1, 0.15) is 11.1 Å². The Labute approximate surface area is 118 Å². The van der Waals surface area contributed by atoms with E-state index in [9.17, 15) is 0 Å². The van der Waals surface area contributed by atoms with Crippen LogP contribution in [0, 0.1) is 13.8 Å². The lowest BCUT2D eigenvalue weighted by atomic mass is 9.92. The SMILES string of the molecule is Cc1cccc2cc3c(ccc4ccccc43)c(C)c12. The van der Waals surface area contributed by atoms with Crippen LogP contribution in [0.4, 0.5) is 0 Å². The molecule has 20 heavy (non-hydrogen) atoms. The minimum Gasteiger partial charge on any atom is -0.0616 e. The lowest BCUT2D eigenvalue weighted by Gasteiger charge is -2.12. The summed E-state index contributed by atoms with van der Waals surface area (Å²) >= 11 is 0. The van der Waals surface area contributed by atoms with Gasteiger partial charge in [-0.1, -0.05) is 54.6 Å². The van der Waals surface area contributed by atoms with E-state index in [0.29, 0.717) is 0 Å². The molecule has 96 valence electrons. The van der Waals surface area contributed by atoms with Crippen molar-refractivity contribution in [2.75, 3.05) is 0 Å². The first kappa shape index (κ1) is 11.5. The van der Waals surface area contributed by atoms with E-state index in [0.717, 1.165) is 0 Å². The summed E-state index contributed by atoms with van der Waals surface area (Å²) in [7, 11) is 0. The van der Waals surface area contributed by atoms with Crippen LogP contribution in [0.25, 0.3) is 32.3 Å². The molecule has 0 saturated carbocycles. The maximum Gasteiger partial charge on any atom is -0.00964 e. The first-order valence-corrected chi connectivity index (χ1v) is 7.06. The lowest BCUT2D eigenvalue weighted by Crippen LogP contribution is -1.87. The fourth-order valence-corrected chi connectivity index (χ4v) is 3.39. The molecule has 4 aromatic carbocycles. The van der Waals surface area contributed by atoms with Gasteiger partial charge in [-0.05, 0) is 63.4 Å². The molecule has 0 aliphatic carbocycles. The van der Waals surface area contributed by atoms with Gasteiger partial charge >= 0.3 is 0 Å². The topological polar surface area (TPSA) is 0 Å². The van der Waals surface area contributed by atoms with Gasteiger partial charge in [-0.3, -0.25) is 0 Å². The van der Waals surface area contributed by atoms with Crippen LogP contribution in [-0.2, 0) is 0 Å². The minimum absolute atomic E-state index is 1.31. The van der Waals surface area contributed by atoms with Gasteiger partial charge in [0.2, 0.25) is 0 Å². The van der Waals surface area contributed by atoms with Gasteiger partial charge in [0, 0.05) is 0 Å². The molecule has 0 aliphatic heterocycles. The highest BCUT2D eigenvalue weighted by Crippen LogP contribution is 2.33. The van der Waals surface area contributed by atoms with E-state index in [4.69, 9.17) is 0 Å². The Bertz CT molecular complexity index is 962. The molecule has 0 bridgehead atoms. The number of rotatable bonds is 0. The fourth-order valence-electron chi connectivity index (χ4n) is 3.39. The number of fused-ring (bicyclic) bond motifs is 4. The summed E-state index contributed by atoms with van der Waals surface area (Å²) in [6.45, 7) is 4.44. The summed E-state index contributed by atoms with van der Waals surface area (Å²) in [5.74, 6) is 0. The number of aryl methyl sites for hydroxylation is 2. The normalized spacial score (nSPS) is 11.5. The summed E-state index contributed by atoms with van der Waals surface area (Å²) in [5, 5.41) is 8.12. The molecule has 0 radical (unpaired) electrons. The molecule has 0 unspecified atom stereocenters. The number of hydrogen-bond donors (Lipinski definition) is 0. The molecule has 0 fully saturated rings. The van der Waals surface area contributed by atoms with E-state index in [1.807, 2.05) is 0 Å². The van der Waals surface area contributed by atoms with Gasteiger partial charge in [-0.25, -0.2) is 0 Å². The highest BCUT2D eigenvalue weighted by Gasteiger charge is 2.08. The molecule has 0 spiro atoms. The van der Waals surface area contributed by atoms with Crippen molar-refractivity contribution >= 4 is 32.3 Å². The Balaban J connectivity index is 2.32. The first-order valence-electron chi connectivity index (χ1n) is 7.06. The average molecular weight is 256 g/mol. The molecule has 4 rings (SSSR count). The number of hydrogen-bond acceptors (Lipinski definition) is 0. The summed E-state index contributed by atoms with van der Waals surface area (Å²) in [4.78, 5) is 0. The van der Waals surface area contributed by atoms with Crippen molar-refractivity contribution in [3.8, 4) is 0 Å². The highest BCUT2D eigenvalue weighted by atomic mass is 14.1. The maximum absolute atomic E-state index is 2.34. The first-order chi connectivity index (χ1) is 9.75. The molecular formula is C20H16. The van der Waals surface area contributed by atoms with Crippen molar-refractivity contribution in [3.05, 3.63) is 71.8 Å². The summed E-state index contributed by atoms with van der Waals surface area (Å²) in [6, 6.07) is 22.0. The predicted molar refractivity (Wildman–Crippen MR) is 88.4 cm³/mol. The Kier molecular flexibility index (Phi) is 2.34. The molecule has 0 atom stereocenters. The molecular weight excluding hydrogens is 240 g/mol. The minimum atomic E-state index is 1.31. The van der Waals surface area contributed by atoms with Gasteiger partial charge in [0.05, 0.1) is 0 Å². The second-order valence-corrected chi connectivity index (χ2v) is 5.56. The van der Waals surface area contributed by atoms with E-state index in [1.165, 1.54) is 43.4 Å². The van der Waals surface area contributed by atoms with Crippen molar-refractivity contribution in [2.45, 2.75) is 13.8 Å². The van der Waals surface area contributed by atoms with Crippen molar-refractivity contribution in [1.82, 2.24) is 0 Å². The summed E-state index contributed by atoms with van der Waals surface area (Å²) in [5.41, 5.74) is 2.75. The third kappa shape index (κ3) is 1.48. The quantitative estimate of drug-likeness (QED) is 0.277. The van der Waals surface area contributed by atoms with Gasteiger partial charge in [-0.15, -0.1) is 0 Å². The van der Waals surface area contributed by atoms with Crippen LogP contribution in [0.5, 0.6) is 0 Å². The van der Waals surface area contributed by atoms with Crippen LogP contribution in [0.3, 0.4) is 0 Å². The fraction of sp³-hybridized carbons (Fsp3) is 0.100. The van der Waals surface area contributed by atoms with Crippen molar-refractivity contribution in [3.63, 3.8) is 0 Å². The molecule has 0 aromatic heterocycles. The Morgan fingerprint density at radius 3 is 2.30 bits per heavy atom. The van der Waals surface area contributed by atoms with Gasteiger partial charge in [-0.2, -0.15) is 0 Å². The molecule has 4 aromatic rings. The maximum atomic E-state index is 2.34. The van der Waals surface area contributed by atoms with Crippen LogP contribution in [0.2, 0.25) is 0 Å². The molecule has 0 heterocycles. The zero-order valence-electron chi connectivity index (χ0n) is 11.8. The molecule has 0 N–H and O–H groups in total. The van der Waals surface area contributed by atoms with E-state index in [1.54, 1.807) is 0 Å². The second kappa shape index (κ2) is 4.08. The molecule has 0 heteroatoms. The van der Waals surface area contributed by atoms with E-state index in [2.05, 4.69) is 74.5 Å². The predicted octanol–water partition coefficient (Wildman–Crippen LogP) is 5.76. The standard InChI is InChI=1S/C20H16/c1-13-6-5-8-16-12-19-17(14(2)20(13)16)11-10-15-7-3-4-9-18(15)19/h3-12H,1-2H3. The second-order valence-electron chi connectivity index (χ2n) is 5.56. The van der Waals surface area contributed by atoms with Crippen molar-refractivity contribution in [1.29, 1.82) is 0 Å². The van der Waals surface area contributed by atoms with Crippen LogP contribution in [0.15, 0.2) is 60.7 Å². The third-order valence-corrected chi connectivity index (χ3v) is 4.35. The summed E-state index contributed by atoms with van der Waals surface area (Å²) in [6.07, 6.45) is 0. The van der Waals surface area contributed by atoms with E-state index < -0.39 is 0 Å². The van der Waals surface area contributed by atoms with E-state index in [-0.39, 0.29) is 0 Å². The highest BCUT2D eigenvalue weighted by molar-refractivity contribution is 6.14. The van der Waals surface area contributed by atoms with Crippen LogP contribution < -0.4 is 0 Å². The summed E-state index contributed by atoms with van der Waals surface area (Å²) < 4.78 is 0. The van der Waals surface area contributed by atoms with E-state index >= 15 is 0 Å². The van der Waals surface area contributed by atoms with Gasteiger partial charge in [0.25, 0.3) is 0 Å². The van der Waals surface area contributed by atoms with Gasteiger partial charge in [0.15, 0.2) is 0 Å². The Morgan fingerprint density at radius 1 is 0.600 bits per heavy atom. The molecule has 0 saturated heterocycles. The lowest BCUT2D eigenvalue weighted by molar-refractivity contribution is 1.49. The van der Waals surface area contributed by atoms with Crippen molar-refractivity contribution in [2.24, 2.45) is 0 Å². The van der Waals surface area contributed by atoms with Crippen molar-refractivity contribution < 1.29 is 0 Å². The van der Waals surface area contributed by atoms with Gasteiger partial charge < -0.3 is 0 Å². The largest absolute Gasteiger partial charge is 0.0616 e. The Hall–Kier alpha value is -2.34. The third-order valence-electron chi connectivity index (χ3n) is 4.35. The zero-order chi connectivity index (χ0) is 13.7. The average Bonchev–Trinajstić information content (AvgIpc) is 2.47. The molecule has 0 nitrogen and oxygen atoms in total. The van der Waals surface area contributed by atoms with Crippen LogP contribution >= 0.6 is 0 Å². The molecule has 0 amide bonds. The Morgan fingerprint density at radius 2 is 1.40 bits per heavy atom. The monoisotopic (exact) mass is 256 g/mol. The van der Waals surface area contributed by atoms with Gasteiger partial charge in [0.1, 0.15) is 0 Å².